The summed E-state index contributed by atoms with van der Waals surface area (Å²) in [6.45, 7) is 3.94. The van der Waals surface area contributed by atoms with Crippen molar-refractivity contribution in [3.8, 4) is 0 Å². The number of alkyl carbamates (subject to hydrolysis) is 1. The standard InChI is InChI=1S/C24H33N3O4/c1-2-25-22(28)27-15-6-13-24(14-16-30-23(29)26-24)21(27)17-31-20-11-9-19(10-12-20)18-7-4-3-5-8-18/h3-5,7-9,20-21H,2,6,10-17H2,1H3,(H,25,28)(H,26,29)/t20-,21?,24?/m0/s1. The number of allylic oxidation sites excluding steroid dienone is 1. The van der Waals surface area contributed by atoms with Crippen molar-refractivity contribution in [3.05, 3.63) is 42.0 Å². The van der Waals surface area contributed by atoms with Crippen molar-refractivity contribution in [1.29, 1.82) is 0 Å². The Labute approximate surface area is 184 Å². The first-order chi connectivity index (χ1) is 15.1. The Balaban J connectivity index is 1.44. The predicted molar refractivity (Wildman–Crippen MR) is 119 cm³/mol. The van der Waals surface area contributed by atoms with Gasteiger partial charge in [0, 0.05) is 19.5 Å². The molecule has 4 rings (SSSR count). The quantitative estimate of drug-likeness (QED) is 0.751. The van der Waals surface area contributed by atoms with Gasteiger partial charge < -0.3 is 25.0 Å². The highest BCUT2D eigenvalue weighted by Crippen LogP contribution is 2.35. The summed E-state index contributed by atoms with van der Waals surface area (Å²) in [5.41, 5.74) is 2.16. The lowest BCUT2D eigenvalue weighted by molar-refractivity contribution is -0.0449. The van der Waals surface area contributed by atoms with Gasteiger partial charge in [-0.3, -0.25) is 0 Å². The summed E-state index contributed by atoms with van der Waals surface area (Å²) in [4.78, 5) is 26.7. The normalized spacial score (nSPS) is 28.5. The molecule has 31 heavy (non-hydrogen) atoms. The van der Waals surface area contributed by atoms with Crippen LogP contribution in [0.5, 0.6) is 0 Å². The smallest absolute Gasteiger partial charge is 0.407 e. The van der Waals surface area contributed by atoms with Gasteiger partial charge >= 0.3 is 12.1 Å². The van der Waals surface area contributed by atoms with Gasteiger partial charge in [-0.25, -0.2) is 9.59 Å². The van der Waals surface area contributed by atoms with Gasteiger partial charge in [-0.15, -0.1) is 0 Å². The first kappa shape index (κ1) is 21.7. The molecule has 3 atom stereocenters. The monoisotopic (exact) mass is 427 g/mol. The van der Waals surface area contributed by atoms with Crippen molar-refractivity contribution >= 4 is 17.7 Å². The van der Waals surface area contributed by atoms with Gasteiger partial charge in [-0.05, 0) is 50.2 Å². The van der Waals surface area contributed by atoms with Gasteiger partial charge in [-0.2, -0.15) is 0 Å². The number of nitrogens with zero attached hydrogens (tertiary/aromatic N) is 1. The first-order valence-electron chi connectivity index (χ1n) is 11.5. The van der Waals surface area contributed by atoms with E-state index >= 15 is 0 Å². The molecule has 0 bridgehead atoms. The summed E-state index contributed by atoms with van der Waals surface area (Å²) in [6, 6.07) is 10.2. The average molecular weight is 428 g/mol. The number of carbonyl (C=O) groups excluding carboxylic acids is 2. The van der Waals surface area contributed by atoms with E-state index < -0.39 is 11.6 Å². The van der Waals surface area contributed by atoms with Gasteiger partial charge in [0.2, 0.25) is 0 Å². The van der Waals surface area contributed by atoms with Crippen molar-refractivity contribution in [2.75, 3.05) is 26.3 Å². The number of amides is 3. The van der Waals surface area contributed by atoms with Crippen LogP contribution in [0.2, 0.25) is 0 Å². The third-order valence-corrected chi connectivity index (χ3v) is 6.75. The van der Waals surface area contributed by atoms with Crippen LogP contribution in [0.4, 0.5) is 9.59 Å². The van der Waals surface area contributed by atoms with Crippen LogP contribution in [0, 0.1) is 0 Å². The van der Waals surface area contributed by atoms with Gasteiger partial charge in [0.05, 0.1) is 30.9 Å². The average Bonchev–Trinajstić information content (AvgIpc) is 2.79. The number of rotatable bonds is 5. The fraction of sp³-hybridized carbons (Fsp3) is 0.583. The van der Waals surface area contributed by atoms with Gasteiger partial charge in [0.15, 0.2) is 0 Å². The summed E-state index contributed by atoms with van der Waals surface area (Å²) in [6.07, 6.45) is 7.16. The second-order valence-electron chi connectivity index (χ2n) is 8.64. The molecule has 1 aromatic rings. The van der Waals surface area contributed by atoms with Crippen LogP contribution >= 0.6 is 0 Å². The van der Waals surface area contributed by atoms with Crippen LogP contribution in [0.15, 0.2) is 36.4 Å². The van der Waals surface area contributed by atoms with Crippen LogP contribution < -0.4 is 10.6 Å². The number of carbonyl (C=O) groups is 2. The lowest BCUT2D eigenvalue weighted by atomic mass is 9.78. The molecule has 3 amide bonds. The van der Waals surface area contributed by atoms with Crippen LogP contribution in [0.3, 0.4) is 0 Å². The van der Waals surface area contributed by atoms with Crippen molar-refractivity contribution in [2.24, 2.45) is 0 Å². The Morgan fingerprint density at radius 2 is 2.16 bits per heavy atom. The minimum atomic E-state index is -0.488. The fourth-order valence-electron chi connectivity index (χ4n) is 5.10. The fourth-order valence-corrected chi connectivity index (χ4v) is 5.10. The van der Waals surface area contributed by atoms with E-state index in [2.05, 4.69) is 41.0 Å². The molecule has 3 aliphatic rings. The van der Waals surface area contributed by atoms with E-state index in [1.807, 2.05) is 17.9 Å². The number of hydrogen-bond acceptors (Lipinski definition) is 4. The summed E-state index contributed by atoms with van der Waals surface area (Å²) >= 11 is 0. The third-order valence-electron chi connectivity index (χ3n) is 6.75. The largest absolute Gasteiger partial charge is 0.449 e. The summed E-state index contributed by atoms with van der Waals surface area (Å²) in [7, 11) is 0. The Morgan fingerprint density at radius 3 is 2.87 bits per heavy atom. The molecule has 2 aliphatic heterocycles. The molecular weight excluding hydrogens is 394 g/mol. The van der Waals surface area contributed by atoms with E-state index in [1.165, 1.54) is 11.1 Å². The number of benzene rings is 1. The van der Waals surface area contributed by atoms with Crippen molar-refractivity contribution < 1.29 is 19.1 Å². The van der Waals surface area contributed by atoms with E-state index in [9.17, 15) is 9.59 Å². The zero-order valence-electron chi connectivity index (χ0n) is 18.3. The van der Waals surface area contributed by atoms with Crippen LogP contribution in [0.25, 0.3) is 5.57 Å². The third kappa shape index (κ3) is 4.87. The molecule has 1 aromatic carbocycles. The van der Waals surface area contributed by atoms with E-state index in [4.69, 9.17) is 9.47 Å². The SMILES string of the molecule is CCNC(=O)N1CCCC2(CCOC(=O)N2)C1CO[C@H]1CC=C(c2ccccc2)CC1. The number of cyclic esters (lactones) is 1. The van der Waals surface area contributed by atoms with E-state index in [-0.39, 0.29) is 18.2 Å². The van der Waals surface area contributed by atoms with E-state index in [0.29, 0.717) is 32.7 Å². The Morgan fingerprint density at radius 1 is 1.32 bits per heavy atom. The summed E-state index contributed by atoms with van der Waals surface area (Å²) < 4.78 is 11.5. The molecule has 2 unspecified atom stereocenters. The first-order valence-corrected chi connectivity index (χ1v) is 11.5. The highest BCUT2D eigenvalue weighted by Gasteiger charge is 2.49. The minimum absolute atomic E-state index is 0.0918. The molecule has 2 heterocycles. The van der Waals surface area contributed by atoms with Crippen molar-refractivity contribution in [2.45, 2.75) is 63.1 Å². The molecule has 7 nitrogen and oxygen atoms in total. The molecule has 1 aliphatic carbocycles. The molecule has 1 spiro atoms. The van der Waals surface area contributed by atoms with E-state index in [0.717, 1.165) is 32.1 Å². The molecule has 7 heteroatoms. The zero-order valence-corrected chi connectivity index (χ0v) is 18.3. The second-order valence-corrected chi connectivity index (χ2v) is 8.64. The number of nitrogens with one attached hydrogen (secondary N) is 2. The maximum atomic E-state index is 12.8. The molecule has 0 saturated carbocycles. The summed E-state index contributed by atoms with van der Waals surface area (Å²) in [5, 5.41) is 5.97. The molecule has 2 saturated heterocycles. The number of hydrogen-bond donors (Lipinski definition) is 2. The molecule has 2 fully saturated rings. The number of likely N-dealkylation sites (tertiary alicyclic amines) is 1. The number of piperidine rings is 1. The van der Waals surface area contributed by atoms with Gasteiger partial charge in [0.1, 0.15) is 0 Å². The predicted octanol–water partition coefficient (Wildman–Crippen LogP) is 3.70. The van der Waals surface area contributed by atoms with Gasteiger partial charge in [0.25, 0.3) is 0 Å². The highest BCUT2D eigenvalue weighted by molar-refractivity contribution is 5.75. The van der Waals surface area contributed by atoms with Gasteiger partial charge in [-0.1, -0.05) is 36.4 Å². The molecule has 0 aromatic heterocycles. The molecule has 2 N–H and O–H groups in total. The lowest BCUT2D eigenvalue weighted by Crippen LogP contribution is -2.70. The Kier molecular flexibility index (Phi) is 6.80. The highest BCUT2D eigenvalue weighted by atomic mass is 16.6. The van der Waals surface area contributed by atoms with Crippen LogP contribution in [-0.4, -0.2) is 61.0 Å². The number of urea groups is 1. The molecule has 0 radical (unpaired) electrons. The minimum Gasteiger partial charge on any atom is -0.449 e. The molecular formula is C24H33N3O4. The topological polar surface area (TPSA) is 79.9 Å². The summed E-state index contributed by atoms with van der Waals surface area (Å²) in [5.74, 6) is 0. The Bertz CT molecular complexity index is 808. The Hall–Kier alpha value is -2.54. The maximum absolute atomic E-state index is 12.8. The van der Waals surface area contributed by atoms with Crippen molar-refractivity contribution in [1.82, 2.24) is 15.5 Å². The lowest BCUT2D eigenvalue weighted by Gasteiger charge is -2.51. The second kappa shape index (κ2) is 9.73. The maximum Gasteiger partial charge on any atom is 0.407 e. The van der Waals surface area contributed by atoms with Crippen LogP contribution in [-0.2, 0) is 9.47 Å². The van der Waals surface area contributed by atoms with E-state index in [1.54, 1.807) is 0 Å². The number of ether oxygens (including phenoxy) is 2. The van der Waals surface area contributed by atoms with Crippen molar-refractivity contribution in [3.63, 3.8) is 0 Å². The zero-order chi connectivity index (χ0) is 21.7. The van der Waals surface area contributed by atoms with Crippen LogP contribution in [0.1, 0.15) is 51.0 Å². The molecule has 168 valence electrons.